The van der Waals surface area contributed by atoms with Crippen LogP contribution in [0.1, 0.15) is 323 Å². The van der Waals surface area contributed by atoms with Gasteiger partial charge in [0.05, 0.1) is 13.2 Å². The van der Waals surface area contributed by atoms with Gasteiger partial charge in [-0.2, -0.15) is 0 Å². The van der Waals surface area contributed by atoms with Gasteiger partial charge in [0.1, 0.15) is 98.7 Å². The molecule has 3 aliphatic rings. The molecule has 2 heterocycles. The van der Waals surface area contributed by atoms with E-state index in [0.29, 0.717) is 25.2 Å². The molecule has 1 saturated carbocycles. The molecule has 2 saturated heterocycles. The first-order chi connectivity index (χ1) is 49.2. The highest BCUT2D eigenvalue weighted by Gasteiger charge is 2.58. The number of allylic oxidation sites excluding steroid dienone is 2. The predicted octanol–water partition coefficient (Wildman–Crippen LogP) is 12.2. The van der Waals surface area contributed by atoms with E-state index >= 15 is 0 Å². The first kappa shape index (κ1) is 93.9. The third-order valence-corrected chi connectivity index (χ3v) is 21.2. The number of ether oxygens (including phenoxy) is 7. The smallest absolute Gasteiger partial charge is 0.463 e. The molecule has 3 fully saturated rings. The summed E-state index contributed by atoms with van der Waals surface area (Å²) in [6.07, 6.45) is 16.9. The highest BCUT2D eigenvalue weighted by molar-refractivity contribution is 7.47. The summed E-state index contributed by atoms with van der Waals surface area (Å²) in [6, 6.07) is 0. The van der Waals surface area contributed by atoms with Crippen LogP contribution in [0.15, 0.2) is 12.2 Å². The van der Waals surface area contributed by atoms with Crippen LogP contribution in [-0.2, 0) is 61.2 Å². The minimum atomic E-state index is -5.70. The predicted molar refractivity (Wildman–Crippen MR) is 388 cm³/mol. The summed E-state index contributed by atoms with van der Waals surface area (Å²) in [4.78, 5) is 51.2. The Kier molecular flexibility index (Phi) is 53.2. The molecular weight excluding hydrogens is 1340 g/mol. The number of rotatable bonds is 63. The van der Waals surface area contributed by atoms with Gasteiger partial charge in [-0.05, 0) is 50.9 Å². The van der Waals surface area contributed by atoms with Gasteiger partial charge in [0, 0.05) is 19.3 Å². The first-order valence-corrected chi connectivity index (χ1v) is 41.9. The van der Waals surface area contributed by atoms with Gasteiger partial charge in [0.2, 0.25) is 0 Å². The summed E-state index contributed by atoms with van der Waals surface area (Å²) in [5.74, 6) is -1.31. The van der Waals surface area contributed by atoms with E-state index in [-0.39, 0.29) is 19.3 Å². The van der Waals surface area contributed by atoms with E-state index in [1.807, 2.05) is 0 Å². The number of aliphatic hydroxyl groups is 10. The molecule has 3 rings (SSSR count). The van der Waals surface area contributed by atoms with Crippen LogP contribution in [0, 0.1) is 5.92 Å². The molecule has 0 radical (unpaired) electrons. The molecule has 2 aliphatic heterocycles. The molecule has 24 nitrogen and oxygen atoms in total. The standard InChI is InChI=1S/C77H143O24P/c1-5-8-11-14-17-19-21-23-25-26-27-29-31-32-34-40-45-50-61(79)93-54-58(96-63(81)52-47-42-37-36-39-44-49-57(4)48-43-38-16-13-10-7-3)55-95-102(91,92)101-75-73(99-76-71(89)66(84)64(82)59(53-78)97-76)69(87)68(86)70(88)74(75)100-77-72(90)67(85)65(83)60(98-77)56-94-62(80)51-46-41-35-33-30-28-24-22-20-18-15-12-9-6-2/h28,30,57-60,64-78,82-90H,5-27,29,31-56H2,1-4H3,(H,91,92)/b30-28-. The Hall–Kier alpha value is -2.30. The number of esters is 3. The minimum absolute atomic E-state index is 0.00930. The van der Waals surface area contributed by atoms with Gasteiger partial charge >= 0.3 is 25.7 Å². The monoisotopic (exact) mass is 1480 g/mol. The van der Waals surface area contributed by atoms with E-state index in [4.69, 9.17) is 42.2 Å². The maximum Gasteiger partial charge on any atom is 0.472 e. The summed E-state index contributed by atoms with van der Waals surface area (Å²) < 4.78 is 65.2. The number of phosphoric acid groups is 1. The lowest BCUT2D eigenvalue weighted by Crippen LogP contribution is -2.69. The Morgan fingerprint density at radius 1 is 0.402 bits per heavy atom. The number of hydrogen-bond acceptors (Lipinski definition) is 23. The zero-order valence-electron chi connectivity index (χ0n) is 63.1. The lowest BCUT2D eigenvalue weighted by molar-refractivity contribution is -0.360. The lowest BCUT2D eigenvalue weighted by atomic mass is 9.84. The van der Waals surface area contributed by atoms with E-state index in [0.717, 1.165) is 89.9 Å². The van der Waals surface area contributed by atoms with Crippen molar-refractivity contribution in [3.05, 3.63) is 12.2 Å². The first-order valence-electron chi connectivity index (χ1n) is 40.4. The molecule has 0 bridgehead atoms. The fourth-order valence-corrected chi connectivity index (χ4v) is 14.5. The molecule has 0 spiro atoms. The fourth-order valence-electron chi connectivity index (χ4n) is 13.5. The third kappa shape index (κ3) is 40.2. The number of aliphatic hydroxyl groups excluding tert-OH is 10. The van der Waals surface area contributed by atoms with Crippen LogP contribution in [0.4, 0.5) is 0 Å². The van der Waals surface area contributed by atoms with Crippen molar-refractivity contribution in [2.24, 2.45) is 5.92 Å². The average Bonchev–Trinajstić information content (AvgIpc) is 0.762. The van der Waals surface area contributed by atoms with E-state index in [2.05, 4.69) is 39.8 Å². The van der Waals surface area contributed by atoms with Crippen molar-refractivity contribution in [2.45, 2.75) is 427 Å². The number of hydrogen-bond donors (Lipinski definition) is 11. The normalized spacial score (nSPS) is 27.4. The van der Waals surface area contributed by atoms with Crippen molar-refractivity contribution >= 4 is 25.7 Å². The van der Waals surface area contributed by atoms with Crippen molar-refractivity contribution in [1.29, 1.82) is 0 Å². The van der Waals surface area contributed by atoms with Crippen LogP contribution >= 0.6 is 7.82 Å². The summed E-state index contributed by atoms with van der Waals surface area (Å²) in [5.41, 5.74) is 0. The Morgan fingerprint density at radius 2 is 0.745 bits per heavy atom. The van der Waals surface area contributed by atoms with Crippen LogP contribution in [0.5, 0.6) is 0 Å². The largest absolute Gasteiger partial charge is 0.472 e. The molecule has 102 heavy (non-hydrogen) atoms. The van der Waals surface area contributed by atoms with Gasteiger partial charge in [-0.3, -0.25) is 23.4 Å². The lowest BCUT2D eigenvalue weighted by Gasteiger charge is -2.49. The second-order valence-corrected chi connectivity index (χ2v) is 30.8. The second kappa shape index (κ2) is 57.8. The molecule has 11 N–H and O–H groups in total. The zero-order valence-corrected chi connectivity index (χ0v) is 64.0. The highest BCUT2D eigenvalue weighted by atomic mass is 31.2. The van der Waals surface area contributed by atoms with Gasteiger partial charge in [-0.15, -0.1) is 0 Å². The summed E-state index contributed by atoms with van der Waals surface area (Å²) in [7, 11) is -5.70. The Labute approximate surface area is 612 Å². The van der Waals surface area contributed by atoms with Crippen LogP contribution in [0.3, 0.4) is 0 Å². The number of carbonyl (C=O) groups is 3. The fraction of sp³-hybridized carbons (Fsp3) is 0.935. The molecule has 0 amide bonds. The Balaban J connectivity index is 1.72. The van der Waals surface area contributed by atoms with E-state index in [1.165, 1.54) is 167 Å². The molecule has 600 valence electrons. The number of carbonyl (C=O) groups excluding carboxylic acids is 3. The average molecular weight is 1480 g/mol. The maximum absolute atomic E-state index is 14.4. The van der Waals surface area contributed by atoms with E-state index < -0.39 is 156 Å². The molecule has 19 atom stereocenters. The Morgan fingerprint density at radius 3 is 1.17 bits per heavy atom. The van der Waals surface area contributed by atoms with Crippen LogP contribution in [0.25, 0.3) is 0 Å². The molecule has 19 unspecified atom stereocenters. The van der Waals surface area contributed by atoms with Crippen molar-refractivity contribution in [3.8, 4) is 0 Å². The number of phosphoric ester groups is 1. The SMILES string of the molecule is CCCCCCCCC/C=C\CCCCCC(=O)OCC1OC(OC2C(O)C(O)C(O)C(OC3OC(CO)C(O)C(O)C3O)C2OP(=O)(O)OCC(COC(=O)CCCCCCCCCCCCCCCCCCC)OC(=O)CCCCCCCCC(C)CCCCCCCC)C(O)C(O)C1O. The van der Waals surface area contributed by atoms with Crippen molar-refractivity contribution < 1.29 is 117 Å². The number of unbranched alkanes of at least 4 members (excludes halogenated alkanes) is 36. The maximum atomic E-state index is 14.4. The van der Waals surface area contributed by atoms with Gasteiger partial charge < -0.3 is 89.1 Å². The second-order valence-electron chi connectivity index (χ2n) is 29.4. The summed E-state index contributed by atoms with van der Waals surface area (Å²) in [6.45, 7) is 5.79. The minimum Gasteiger partial charge on any atom is -0.463 e. The van der Waals surface area contributed by atoms with Crippen molar-refractivity contribution in [2.75, 3.05) is 26.4 Å². The molecule has 25 heteroatoms. The highest BCUT2D eigenvalue weighted by Crippen LogP contribution is 2.49. The van der Waals surface area contributed by atoms with Crippen molar-refractivity contribution in [1.82, 2.24) is 0 Å². The topological polar surface area (TPSA) is 374 Å². The van der Waals surface area contributed by atoms with Crippen LogP contribution in [0.2, 0.25) is 0 Å². The molecule has 1 aliphatic carbocycles. The van der Waals surface area contributed by atoms with Gasteiger partial charge in [0.25, 0.3) is 0 Å². The third-order valence-electron chi connectivity index (χ3n) is 20.2. The van der Waals surface area contributed by atoms with Crippen LogP contribution in [-0.4, -0.2) is 204 Å². The van der Waals surface area contributed by atoms with E-state index in [9.17, 15) is 74.9 Å². The van der Waals surface area contributed by atoms with Gasteiger partial charge in [-0.1, -0.05) is 271 Å². The van der Waals surface area contributed by atoms with Crippen LogP contribution < -0.4 is 0 Å². The van der Waals surface area contributed by atoms with E-state index in [1.54, 1.807) is 0 Å². The molecule has 0 aromatic rings. The van der Waals surface area contributed by atoms with Gasteiger partial charge in [-0.25, -0.2) is 4.57 Å². The zero-order chi connectivity index (χ0) is 74.8. The summed E-state index contributed by atoms with van der Waals surface area (Å²) in [5, 5.41) is 110. The summed E-state index contributed by atoms with van der Waals surface area (Å²) >= 11 is 0. The Bertz CT molecular complexity index is 2160. The van der Waals surface area contributed by atoms with Gasteiger partial charge in [0.15, 0.2) is 18.7 Å². The molecule has 0 aromatic heterocycles. The molecule has 0 aromatic carbocycles. The van der Waals surface area contributed by atoms with Crippen molar-refractivity contribution in [3.63, 3.8) is 0 Å². The molecular formula is C77H143O24P. The quantitative estimate of drug-likeness (QED) is 0.00886.